The van der Waals surface area contributed by atoms with E-state index in [1.807, 2.05) is 20.8 Å². The van der Waals surface area contributed by atoms with E-state index in [0.29, 0.717) is 13.2 Å². The van der Waals surface area contributed by atoms with Crippen LogP contribution in [0.4, 0.5) is 0 Å². The van der Waals surface area contributed by atoms with Gasteiger partial charge in [0, 0.05) is 6.61 Å². The third-order valence-corrected chi connectivity index (χ3v) is 0.970. The highest BCUT2D eigenvalue weighted by Gasteiger charge is 2.15. The van der Waals surface area contributed by atoms with Gasteiger partial charge < -0.3 is 4.74 Å². The van der Waals surface area contributed by atoms with Crippen LogP contribution in [0.3, 0.4) is 0 Å². The summed E-state index contributed by atoms with van der Waals surface area (Å²) < 4.78 is 5.07. The molecule has 9 heavy (non-hydrogen) atoms. The second kappa shape index (κ2) is 3.47. The Balaban J connectivity index is 3.49. The fraction of sp³-hybridized carbons (Fsp3) is 0.857. The second-order valence-corrected chi connectivity index (χ2v) is 2.63. The number of rotatable bonds is 3. The molecule has 0 aliphatic carbocycles. The summed E-state index contributed by atoms with van der Waals surface area (Å²) in [6.07, 6.45) is 0. The number of nitriles is 1. The van der Waals surface area contributed by atoms with Crippen LogP contribution >= 0.6 is 0 Å². The van der Waals surface area contributed by atoms with Crippen molar-refractivity contribution in [2.45, 2.75) is 20.8 Å². The highest BCUT2D eigenvalue weighted by Crippen LogP contribution is 2.12. The third kappa shape index (κ3) is 3.99. The van der Waals surface area contributed by atoms with Crippen LogP contribution in [-0.4, -0.2) is 13.2 Å². The van der Waals surface area contributed by atoms with Gasteiger partial charge in [-0.3, -0.25) is 0 Å². The largest absolute Gasteiger partial charge is 0.380 e. The normalized spacial score (nSPS) is 10.9. The minimum atomic E-state index is -0.323. The molecule has 0 saturated carbocycles. The highest BCUT2D eigenvalue weighted by atomic mass is 16.5. The van der Waals surface area contributed by atoms with Gasteiger partial charge in [-0.1, -0.05) is 0 Å². The molecule has 2 heteroatoms. The number of hydrogen-bond acceptors (Lipinski definition) is 2. The average Bonchev–Trinajstić information content (AvgIpc) is 1.84. The van der Waals surface area contributed by atoms with E-state index in [-0.39, 0.29) is 5.41 Å². The van der Waals surface area contributed by atoms with Gasteiger partial charge in [-0.25, -0.2) is 0 Å². The third-order valence-electron chi connectivity index (χ3n) is 0.970. The molecule has 0 aliphatic heterocycles. The van der Waals surface area contributed by atoms with Gasteiger partial charge in [-0.15, -0.1) is 0 Å². The predicted molar refractivity (Wildman–Crippen MR) is 35.9 cm³/mol. The molecule has 0 radical (unpaired) electrons. The van der Waals surface area contributed by atoms with Gasteiger partial charge in [0.05, 0.1) is 18.1 Å². The van der Waals surface area contributed by atoms with E-state index in [1.165, 1.54) is 0 Å². The molecule has 0 aromatic rings. The summed E-state index contributed by atoms with van der Waals surface area (Å²) in [4.78, 5) is 0. The molecule has 0 unspecified atom stereocenters. The van der Waals surface area contributed by atoms with Crippen LogP contribution in [0.5, 0.6) is 0 Å². The van der Waals surface area contributed by atoms with Crippen molar-refractivity contribution in [1.29, 1.82) is 5.26 Å². The Bertz CT molecular complexity index is 113. The Kier molecular flexibility index (Phi) is 3.26. The van der Waals surface area contributed by atoms with Crippen molar-refractivity contribution in [3.63, 3.8) is 0 Å². The molecule has 0 bridgehead atoms. The van der Waals surface area contributed by atoms with Crippen molar-refractivity contribution in [2.75, 3.05) is 13.2 Å². The lowest BCUT2D eigenvalue weighted by Crippen LogP contribution is -2.16. The zero-order chi connectivity index (χ0) is 7.33. The van der Waals surface area contributed by atoms with E-state index in [9.17, 15) is 0 Å². The lowest BCUT2D eigenvalue weighted by atomic mass is 9.98. The van der Waals surface area contributed by atoms with Gasteiger partial charge in [-0.2, -0.15) is 5.26 Å². The lowest BCUT2D eigenvalue weighted by Gasteiger charge is -2.13. The minimum absolute atomic E-state index is 0.323. The maximum Gasteiger partial charge on any atom is 0.0750 e. The molecule has 0 aromatic carbocycles. The molecule has 52 valence electrons. The average molecular weight is 127 g/mol. The molecule has 0 fully saturated rings. The Morgan fingerprint density at radius 2 is 2.11 bits per heavy atom. The predicted octanol–water partition coefficient (Wildman–Crippen LogP) is 1.57. The molecule has 0 amide bonds. The molecule has 2 nitrogen and oxygen atoms in total. The summed E-state index contributed by atoms with van der Waals surface area (Å²) in [5.74, 6) is 0. The van der Waals surface area contributed by atoms with Crippen LogP contribution in [0, 0.1) is 16.7 Å². The monoisotopic (exact) mass is 127 g/mol. The zero-order valence-corrected chi connectivity index (χ0v) is 6.27. The Morgan fingerprint density at radius 1 is 1.56 bits per heavy atom. The fourth-order valence-electron chi connectivity index (χ4n) is 0.389. The van der Waals surface area contributed by atoms with Gasteiger partial charge in [0.1, 0.15) is 0 Å². The zero-order valence-electron chi connectivity index (χ0n) is 6.27. The SMILES string of the molecule is CCOCC(C)(C)C#N. The maximum absolute atomic E-state index is 8.49. The Morgan fingerprint density at radius 3 is 2.44 bits per heavy atom. The van der Waals surface area contributed by atoms with Gasteiger partial charge in [0.15, 0.2) is 0 Å². The first-order valence-corrected chi connectivity index (χ1v) is 3.11. The molecule has 0 saturated heterocycles. The van der Waals surface area contributed by atoms with Gasteiger partial charge in [0.25, 0.3) is 0 Å². The summed E-state index contributed by atoms with van der Waals surface area (Å²) in [5.41, 5.74) is -0.323. The second-order valence-electron chi connectivity index (χ2n) is 2.63. The summed E-state index contributed by atoms with van der Waals surface area (Å²) in [6.45, 7) is 6.86. The summed E-state index contributed by atoms with van der Waals surface area (Å²) in [7, 11) is 0. The maximum atomic E-state index is 8.49. The smallest absolute Gasteiger partial charge is 0.0750 e. The van der Waals surface area contributed by atoms with Gasteiger partial charge in [0.2, 0.25) is 0 Å². The van der Waals surface area contributed by atoms with E-state index in [0.717, 1.165) is 0 Å². The fourth-order valence-corrected chi connectivity index (χ4v) is 0.389. The van der Waals surface area contributed by atoms with E-state index in [4.69, 9.17) is 10.00 Å². The molecule has 0 atom stereocenters. The van der Waals surface area contributed by atoms with Crippen molar-refractivity contribution in [2.24, 2.45) is 5.41 Å². The Hall–Kier alpha value is -0.550. The van der Waals surface area contributed by atoms with Crippen molar-refractivity contribution < 1.29 is 4.74 Å². The van der Waals surface area contributed by atoms with Crippen LogP contribution in [-0.2, 0) is 4.74 Å². The van der Waals surface area contributed by atoms with E-state index in [2.05, 4.69) is 6.07 Å². The molecule has 0 heterocycles. The molecular formula is C7H13NO. The first-order chi connectivity index (χ1) is 4.12. The quantitative estimate of drug-likeness (QED) is 0.576. The summed E-state index contributed by atoms with van der Waals surface area (Å²) >= 11 is 0. The standard InChI is InChI=1S/C7H13NO/c1-4-9-6-7(2,3)5-8/h4,6H2,1-3H3. The lowest BCUT2D eigenvalue weighted by molar-refractivity contribution is 0.0967. The molecule has 0 rings (SSSR count). The molecular weight excluding hydrogens is 114 g/mol. The number of nitrogens with zero attached hydrogens (tertiary/aromatic N) is 1. The molecule has 0 aliphatic rings. The first-order valence-electron chi connectivity index (χ1n) is 3.11. The number of hydrogen-bond donors (Lipinski definition) is 0. The summed E-state index contributed by atoms with van der Waals surface area (Å²) in [5, 5.41) is 8.49. The molecule has 0 N–H and O–H groups in total. The first kappa shape index (κ1) is 8.45. The van der Waals surface area contributed by atoms with E-state index >= 15 is 0 Å². The van der Waals surface area contributed by atoms with E-state index in [1.54, 1.807) is 0 Å². The van der Waals surface area contributed by atoms with Crippen molar-refractivity contribution in [3.8, 4) is 6.07 Å². The summed E-state index contributed by atoms with van der Waals surface area (Å²) in [6, 6.07) is 2.15. The van der Waals surface area contributed by atoms with Crippen molar-refractivity contribution in [3.05, 3.63) is 0 Å². The Labute approximate surface area is 56.4 Å². The van der Waals surface area contributed by atoms with Crippen molar-refractivity contribution in [1.82, 2.24) is 0 Å². The van der Waals surface area contributed by atoms with E-state index < -0.39 is 0 Å². The molecule has 0 aromatic heterocycles. The van der Waals surface area contributed by atoms with Gasteiger partial charge in [-0.05, 0) is 20.8 Å². The highest BCUT2D eigenvalue weighted by molar-refractivity contribution is 4.91. The van der Waals surface area contributed by atoms with Crippen LogP contribution in [0.15, 0.2) is 0 Å². The van der Waals surface area contributed by atoms with Crippen molar-refractivity contribution >= 4 is 0 Å². The van der Waals surface area contributed by atoms with Crippen LogP contribution < -0.4 is 0 Å². The van der Waals surface area contributed by atoms with Crippen LogP contribution in [0.2, 0.25) is 0 Å². The van der Waals surface area contributed by atoms with Crippen LogP contribution in [0.1, 0.15) is 20.8 Å². The number of ether oxygens (including phenoxy) is 1. The molecule has 0 spiro atoms. The van der Waals surface area contributed by atoms with Gasteiger partial charge >= 0.3 is 0 Å². The topological polar surface area (TPSA) is 33.0 Å². The van der Waals surface area contributed by atoms with Crippen LogP contribution in [0.25, 0.3) is 0 Å². The minimum Gasteiger partial charge on any atom is -0.380 e.